The summed E-state index contributed by atoms with van der Waals surface area (Å²) in [6.45, 7) is 5.99. The molecule has 0 aromatic heterocycles. The van der Waals surface area contributed by atoms with E-state index in [4.69, 9.17) is 4.74 Å². The minimum atomic E-state index is -4.83. The predicted molar refractivity (Wildman–Crippen MR) is 135 cm³/mol. The number of ether oxygens (including phenoxy) is 2. The van der Waals surface area contributed by atoms with Crippen molar-refractivity contribution >= 4 is 33.4 Å². The second-order valence-electron chi connectivity index (χ2n) is 10.2. The number of halogens is 4. The predicted octanol–water partition coefficient (Wildman–Crippen LogP) is 4.98. The summed E-state index contributed by atoms with van der Waals surface area (Å²) < 4.78 is 91.6. The average molecular weight is 576 g/mol. The lowest BCUT2D eigenvalue weighted by atomic mass is 9.95. The highest BCUT2D eigenvalue weighted by Crippen LogP contribution is 2.40. The number of benzene rings is 2. The Morgan fingerprint density at radius 2 is 1.69 bits per heavy atom. The molecule has 39 heavy (non-hydrogen) atoms. The van der Waals surface area contributed by atoms with Gasteiger partial charge in [-0.3, -0.25) is 14.4 Å². The molecule has 1 aliphatic heterocycles. The van der Waals surface area contributed by atoms with Gasteiger partial charge in [0.1, 0.15) is 17.7 Å². The SMILES string of the molecule is CC(=O)NC(C)(C)CC1CN(S(=O)(=O)c2ccc(F)cc2)c2cc(NC(=O)OC(C)(C)C(F)(F)F)ccc2O1. The highest BCUT2D eigenvalue weighted by Gasteiger charge is 2.51. The average Bonchev–Trinajstić information content (AvgIpc) is 2.76. The Hall–Kier alpha value is -3.55. The van der Waals surface area contributed by atoms with Crippen LogP contribution < -0.4 is 19.7 Å². The van der Waals surface area contributed by atoms with E-state index in [1.807, 2.05) is 0 Å². The molecular weight excluding hydrogens is 546 g/mol. The molecule has 0 bridgehead atoms. The number of hydrogen-bond donors (Lipinski definition) is 2. The first-order valence-corrected chi connectivity index (χ1v) is 13.2. The van der Waals surface area contributed by atoms with Gasteiger partial charge in [0.05, 0.1) is 17.1 Å². The van der Waals surface area contributed by atoms with Crippen LogP contribution in [0.5, 0.6) is 5.75 Å². The molecule has 14 heteroatoms. The summed E-state index contributed by atoms with van der Waals surface area (Å²) in [6.07, 6.45) is -6.75. The fourth-order valence-electron chi connectivity index (χ4n) is 3.99. The van der Waals surface area contributed by atoms with Crippen molar-refractivity contribution in [1.82, 2.24) is 5.32 Å². The fraction of sp³-hybridized carbons (Fsp3) is 0.440. The third-order valence-electron chi connectivity index (χ3n) is 5.82. The topological polar surface area (TPSA) is 114 Å². The van der Waals surface area contributed by atoms with Crippen molar-refractivity contribution in [1.29, 1.82) is 0 Å². The number of sulfonamides is 1. The summed E-state index contributed by atoms with van der Waals surface area (Å²) >= 11 is 0. The number of nitrogens with zero attached hydrogens (tertiary/aromatic N) is 1. The number of anilines is 2. The van der Waals surface area contributed by atoms with Gasteiger partial charge in [0.15, 0.2) is 0 Å². The van der Waals surface area contributed by atoms with E-state index in [0.29, 0.717) is 13.8 Å². The van der Waals surface area contributed by atoms with Crippen LogP contribution in [0.3, 0.4) is 0 Å². The Balaban J connectivity index is 1.98. The number of carbonyl (C=O) groups is 2. The zero-order valence-corrected chi connectivity index (χ0v) is 22.7. The molecule has 1 aliphatic rings. The number of nitrogens with one attached hydrogen (secondary N) is 2. The van der Waals surface area contributed by atoms with Gasteiger partial charge in [-0.05, 0) is 70.2 Å². The Bertz CT molecular complexity index is 1340. The molecule has 214 valence electrons. The van der Waals surface area contributed by atoms with Crippen molar-refractivity contribution in [2.24, 2.45) is 0 Å². The van der Waals surface area contributed by atoms with Gasteiger partial charge in [-0.1, -0.05) is 0 Å². The van der Waals surface area contributed by atoms with E-state index in [0.717, 1.165) is 28.6 Å². The maximum atomic E-state index is 13.6. The number of amides is 2. The van der Waals surface area contributed by atoms with Crippen molar-refractivity contribution in [3.63, 3.8) is 0 Å². The van der Waals surface area contributed by atoms with Crippen molar-refractivity contribution < 1.29 is 45.0 Å². The van der Waals surface area contributed by atoms with Crippen LogP contribution in [0.4, 0.5) is 33.7 Å². The lowest BCUT2D eigenvalue weighted by molar-refractivity contribution is -0.242. The first-order valence-electron chi connectivity index (χ1n) is 11.8. The van der Waals surface area contributed by atoms with Gasteiger partial charge in [-0.25, -0.2) is 17.6 Å². The summed E-state index contributed by atoms with van der Waals surface area (Å²) in [6, 6.07) is 8.04. The molecular formula is C25H29F4N3O6S. The Morgan fingerprint density at radius 1 is 1.08 bits per heavy atom. The van der Waals surface area contributed by atoms with Crippen LogP contribution in [0, 0.1) is 5.82 Å². The standard InChI is InChI=1S/C25H29F4N3O6S/c1-15(33)31-23(2,3)13-18-14-32(39(35,36)19-9-6-16(26)7-10-19)20-12-17(8-11-21(20)37-18)30-22(34)38-24(4,5)25(27,28)29/h6-12,18H,13-14H2,1-5H3,(H,30,34)(H,31,33). The Morgan fingerprint density at radius 3 is 2.26 bits per heavy atom. The molecule has 0 aliphatic carbocycles. The molecule has 3 rings (SSSR count). The summed E-state index contributed by atoms with van der Waals surface area (Å²) in [5.41, 5.74) is -3.62. The van der Waals surface area contributed by atoms with Crippen molar-refractivity contribution in [2.45, 2.75) is 69.4 Å². The third-order valence-corrected chi connectivity index (χ3v) is 7.62. The van der Waals surface area contributed by atoms with Crippen LogP contribution >= 0.6 is 0 Å². The quantitative estimate of drug-likeness (QED) is 0.451. The van der Waals surface area contributed by atoms with E-state index in [1.165, 1.54) is 25.1 Å². The maximum Gasteiger partial charge on any atom is 0.427 e. The molecule has 2 amide bonds. The van der Waals surface area contributed by atoms with Gasteiger partial charge >= 0.3 is 12.3 Å². The summed E-state index contributed by atoms with van der Waals surface area (Å²) in [7, 11) is -4.29. The molecule has 1 unspecified atom stereocenters. The monoisotopic (exact) mass is 575 g/mol. The molecule has 0 saturated heterocycles. The van der Waals surface area contributed by atoms with Gasteiger partial charge in [-0.2, -0.15) is 13.2 Å². The zero-order chi connectivity index (χ0) is 29.4. The number of alkyl halides is 3. The zero-order valence-electron chi connectivity index (χ0n) is 21.8. The van der Waals surface area contributed by atoms with Gasteiger partial charge in [-0.15, -0.1) is 0 Å². The normalized spacial score (nSPS) is 16.1. The first kappa shape index (κ1) is 30.0. The molecule has 2 aromatic carbocycles. The minimum absolute atomic E-state index is 0.0132. The highest BCUT2D eigenvalue weighted by molar-refractivity contribution is 7.92. The van der Waals surface area contributed by atoms with E-state index in [2.05, 4.69) is 15.4 Å². The second kappa shape index (κ2) is 10.5. The third kappa shape index (κ3) is 7.11. The van der Waals surface area contributed by atoms with Crippen molar-refractivity contribution in [3.05, 3.63) is 48.3 Å². The van der Waals surface area contributed by atoms with E-state index in [9.17, 15) is 35.6 Å². The van der Waals surface area contributed by atoms with Gasteiger partial charge in [0.2, 0.25) is 11.5 Å². The second-order valence-corrected chi connectivity index (χ2v) is 12.1. The molecule has 0 spiro atoms. The van der Waals surface area contributed by atoms with E-state index < -0.39 is 45.4 Å². The molecule has 2 N–H and O–H groups in total. The summed E-state index contributed by atoms with van der Waals surface area (Å²) in [4.78, 5) is 23.6. The number of carbonyl (C=O) groups excluding carboxylic acids is 2. The molecule has 2 aromatic rings. The lowest BCUT2D eigenvalue weighted by Gasteiger charge is -2.39. The number of rotatable bonds is 7. The number of fused-ring (bicyclic) bond motifs is 1. The van der Waals surface area contributed by atoms with Crippen LogP contribution in [0.15, 0.2) is 47.4 Å². The minimum Gasteiger partial charge on any atom is -0.486 e. The van der Waals surface area contributed by atoms with Crippen LogP contribution in [0.2, 0.25) is 0 Å². The van der Waals surface area contributed by atoms with Crippen molar-refractivity contribution in [3.8, 4) is 5.75 Å². The summed E-state index contributed by atoms with van der Waals surface area (Å²) in [5.74, 6) is -0.827. The van der Waals surface area contributed by atoms with Crippen LogP contribution in [-0.2, 0) is 19.6 Å². The van der Waals surface area contributed by atoms with Gasteiger partial charge < -0.3 is 14.8 Å². The smallest absolute Gasteiger partial charge is 0.427 e. The Kier molecular flexibility index (Phi) is 8.11. The van der Waals surface area contributed by atoms with Crippen molar-refractivity contribution in [2.75, 3.05) is 16.2 Å². The van der Waals surface area contributed by atoms with E-state index >= 15 is 0 Å². The van der Waals surface area contributed by atoms with Crippen LogP contribution in [0.25, 0.3) is 0 Å². The van der Waals surface area contributed by atoms with Crippen LogP contribution in [0.1, 0.15) is 41.0 Å². The van der Waals surface area contributed by atoms with Gasteiger partial charge in [0.25, 0.3) is 10.0 Å². The Labute approximate surface area is 223 Å². The number of hydrogen-bond acceptors (Lipinski definition) is 6. The van der Waals surface area contributed by atoms with E-state index in [1.54, 1.807) is 13.8 Å². The summed E-state index contributed by atoms with van der Waals surface area (Å²) in [5, 5.41) is 4.95. The largest absolute Gasteiger partial charge is 0.486 e. The lowest BCUT2D eigenvalue weighted by Crippen LogP contribution is -2.50. The van der Waals surface area contributed by atoms with Gasteiger partial charge in [0, 0.05) is 24.6 Å². The molecule has 0 fully saturated rings. The van der Waals surface area contributed by atoms with E-state index in [-0.39, 0.29) is 40.9 Å². The first-order chi connectivity index (χ1) is 17.8. The molecule has 0 saturated carbocycles. The molecule has 1 atom stereocenters. The highest BCUT2D eigenvalue weighted by atomic mass is 32.2. The maximum absolute atomic E-state index is 13.6. The molecule has 9 nitrogen and oxygen atoms in total. The fourth-order valence-corrected chi connectivity index (χ4v) is 5.49. The molecule has 0 radical (unpaired) electrons. The molecule has 1 heterocycles. The van der Waals surface area contributed by atoms with Crippen LogP contribution in [-0.4, -0.2) is 50.4 Å².